The lowest BCUT2D eigenvalue weighted by Gasteiger charge is -2.10. The van der Waals surface area contributed by atoms with Crippen molar-refractivity contribution in [1.82, 2.24) is 5.16 Å². The third-order valence-corrected chi connectivity index (χ3v) is 3.78. The molecule has 0 fully saturated rings. The first kappa shape index (κ1) is 14.6. The number of hydrogen-bond acceptors (Lipinski definition) is 3. The van der Waals surface area contributed by atoms with Gasteiger partial charge in [0.15, 0.2) is 5.82 Å². The molecule has 0 aliphatic heterocycles. The Bertz CT molecular complexity index is 555. The standard InChI is InChI=1S/C17H24N2O/c1-5-6-12(4)16-15(17(18)19-20-16)14-9-7-13(8-10-14)11(2)3/h7-12H,5-6H2,1-4H3,(H2,18,19). The minimum Gasteiger partial charge on any atom is -0.380 e. The molecule has 1 heterocycles. The highest BCUT2D eigenvalue weighted by atomic mass is 16.5. The Labute approximate surface area is 121 Å². The maximum absolute atomic E-state index is 6.00. The molecule has 2 N–H and O–H groups in total. The van der Waals surface area contributed by atoms with Gasteiger partial charge >= 0.3 is 0 Å². The number of anilines is 1. The van der Waals surface area contributed by atoms with Gasteiger partial charge in [-0.2, -0.15) is 0 Å². The summed E-state index contributed by atoms with van der Waals surface area (Å²) in [5.41, 5.74) is 9.37. The van der Waals surface area contributed by atoms with Crippen molar-refractivity contribution >= 4 is 5.82 Å². The molecule has 20 heavy (non-hydrogen) atoms. The van der Waals surface area contributed by atoms with E-state index in [4.69, 9.17) is 10.3 Å². The van der Waals surface area contributed by atoms with E-state index in [0.717, 1.165) is 29.7 Å². The highest BCUT2D eigenvalue weighted by Crippen LogP contribution is 2.36. The van der Waals surface area contributed by atoms with Crippen LogP contribution < -0.4 is 5.73 Å². The van der Waals surface area contributed by atoms with Crippen LogP contribution in [0.4, 0.5) is 5.82 Å². The van der Waals surface area contributed by atoms with Gasteiger partial charge in [0.2, 0.25) is 0 Å². The van der Waals surface area contributed by atoms with Crippen LogP contribution in [-0.2, 0) is 0 Å². The second-order valence-corrected chi connectivity index (χ2v) is 5.77. The molecule has 3 heteroatoms. The average Bonchev–Trinajstić information content (AvgIpc) is 2.81. The predicted molar refractivity (Wildman–Crippen MR) is 83.8 cm³/mol. The maximum atomic E-state index is 6.00. The van der Waals surface area contributed by atoms with Gasteiger partial charge in [-0.1, -0.05) is 63.5 Å². The number of hydrogen-bond donors (Lipinski definition) is 1. The van der Waals surface area contributed by atoms with Crippen molar-refractivity contribution < 1.29 is 4.52 Å². The number of aromatic nitrogens is 1. The molecule has 0 aliphatic rings. The molecule has 1 aromatic heterocycles. The van der Waals surface area contributed by atoms with Crippen molar-refractivity contribution in [2.24, 2.45) is 0 Å². The Morgan fingerprint density at radius 3 is 2.35 bits per heavy atom. The Morgan fingerprint density at radius 2 is 1.80 bits per heavy atom. The smallest absolute Gasteiger partial charge is 0.175 e. The van der Waals surface area contributed by atoms with Crippen LogP contribution in [0, 0.1) is 0 Å². The van der Waals surface area contributed by atoms with Crippen LogP contribution in [0.25, 0.3) is 11.1 Å². The third-order valence-electron chi connectivity index (χ3n) is 3.78. The lowest BCUT2D eigenvalue weighted by molar-refractivity contribution is 0.362. The van der Waals surface area contributed by atoms with Crippen LogP contribution in [0.2, 0.25) is 0 Å². The van der Waals surface area contributed by atoms with Crippen molar-refractivity contribution in [3.8, 4) is 11.1 Å². The van der Waals surface area contributed by atoms with Crippen molar-refractivity contribution in [2.45, 2.75) is 52.4 Å². The fourth-order valence-electron chi connectivity index (χ4n) is 2.54. The number of benzene rings is 1. The van der Waals surface area contributed by atoms with Gasteiger partial charge in [-0.15, -0.1) is 0 Å². The monoisotopic (exact) mass is 272 g/mol. The summed E-state index contributed by atoms with van der Waals surface area (Å²) in [6.45, 7) is 8.72. The third kappa shape index (κ3) is 2.87. The molecule has 0 bridgehead atoms. The summed E-state index contributed by atoms with van der Waals surface area (Å²) in [4.78, 5) is 0. The van der Waals surface area contributed by atoms with Crippen molar-refractivity contribution in [3.05, 3.63) is 35.6 Å². The molecule has 0 saturated heterocycles. The first-order valence-corrected chi connectivity index (χ1v) is 7.40. The lowest BCUT2D eigenvalue weighted by Crippen LogP contribution is -1.96. The molecule has 1 atom stereocenters. The fraction of sp³-hybridized carbons (Fsp3) is 0.471. The topological polar surface area (TPSA) is 52.0 Å². The van der Waals surface area contributed by atoms with Crippen LogP contribution in [-0.4, -0.2) is 5.16 Å². The van der Waals surface area contributed by atoms with Crippen LogP contribution in [0.5, 0.6) is 0 Å². The summed E-state index contributed by atoms with van der Waals surface area (Å²) in [6, 6.07) is 8.53. The first-order chi connectivity index (χ1) is 9.54. The molecular formula is C17H24N2O. The summed E-state index contributed by atoms with van der Waals surface area (Å²) >= 11 is 0. The number of nitrogens with zero attached hydrogens (tertiary/aromatic N) is 1. The van der Waals surface area contributed by atoms with Gasteiger partial charge < -0.3 is 10.3 Å². The Hall–Kier alpha value is -1.77. The molecule has 1 aromatic carbocycles. The van der Waals surface area contributed by atoms with Crippen LogP contribution in [0.15, 0.2) is 28.8 Å². The predicted octanol–water partition coefficient (Wildman–Crippen LogP) is 4.95. The Kier molecular flexibility index (Phi) is 4.48. The van der Waals surface area contributed by atoms with E-state index in [1.165, 1.54) is 5.56 Å². The van der Waals surface area contributed by atoms with E-state index >= 15 is 0 Å². The summed E-state index contributed by atoms with van der Waals surface area (Å²) in [5.74, 6) is 2.26. The molecule has 0 amide bonds. The van der Waals surface area contributed by atoms with E-state index in [2.05, 4.69) is 57.1 Å². The van der Waals surface area contributed by atoms with E-state index in [9.17, 15) is 0 Å². The Balaban J connectivity index is 2.39. The summed E-state index contributed by atoms with van der Waals surface area (Å²) in [7, 11) is 0. The van der Waals surface area contributed by atoms with Crippen molar-refractivity contribution in [1.29, 1.82) is 0 Å². The lowest BCUT2D eigenvalue weighted by atomic mass is 9.94. The second-order valence-electron chi connectivity index (χ2n) is 5.77. The minimum atomic E-state index is 0.338. The summed E-state index contributed by atoms with van der Waals surface area (Å²) < 4.78 is 5.47. The molecule has 0 spiro atoms. The molecule has 2 aromatic rings. The van der Waals surface area contributed by atoms with Gasteiger partial charge in [0.05, 0.1) is 5.56 Å². The van der Waals surface area contributed by atoms with Crippen molar-refractivity contribution in [2.75, 3.05) is 5.73 Å². The van der Waals surface area contributed by atoms with Crippen LogP contribution >= 0.6 is 0 Å². The van der Waals surface area contributed by atoms with E-state index in [1.807, 2.05) is 0 Å². The first-order valence-electron chi connectivity index (χ1n) is 7.40. The maximum Gasteiger partial charge on any atom is 0.175 e. The quantitative estimate of drug-likeness (QED) is 0.837. The molecule has 3 nitrogen and oxygen atoms in total. The molecule has 2 rings (SSSR count). The van der Waals surface area contributed by atoms with Crippen molar-refractivity contribution in [3.63, 3.8) is 0 Å². The SMILES string of the molecule is CCCC(C)c1onc(N)c1-c1ccc(C(C)C)cc1. The zero-order valence-corrected chi connectivity index (χ0v) is 12.8. The summed E-state index contributed by atoms with van der Waals surface area (Å²) in [5, 5.41) is 3.96. The molecule has 0 saturated carbocycles. The average molecular weight is 272 g/mol. The Morgan fingerprint density at radius 1 is 1.15 bits per heavy atom. The van der Waals surface area contributed by atoms with Gasteiger partial charge in [0, 0.05) is 5.92 Å². The molecular weight excluding hydrogens is 248 g/mol. The van der Waals surface area contributed by atoms with Gasteiger partial charge in [0.1, 0.15) is 5.76 Å². The van der Waals surface area contributed by atoms with Gasteiger partial charge in [-0.25, -0.2) is 0 Å². The molecule has 0 radical (unpaired) electrons. The van der Waals surface area contributed by atoms with Crippen LogP contribution in [0.1, 0.15) is 63.7 Å². The zero-order chi connectivity index (χ0) is 14.7. The second kappa shape index (κ2) is 6.12. The number of rotatable bonds is 5. The largest absolute Gasteiger partial charge is 0.380 e. The molecule has 1 unspecified atom stereocenters. The van der Waals surface area contributed by atoms with Gasteiger partial charge in [-0.05, 0) is 23.5 Å². The van der Waals surface area contributed by atoms with E-state index < -0.39 is 0 Å². The molecule has 0 aliphatic carbocycles. The highest BCUT2D eigenvalue weighted by Gasteiger charge is 2.20. The fourth-order valence-corrected chi connectivity index (χ4v) is 2.54. The van der Waals surface area contributed by atoms with E-state index in [0.29, 0.717) is 17.7 Å². The summed E-state index contributed by atoms with van der Waals surface area (Å²) in [6.07, 6.45) is 2.19. The highest BCUT2D eigenvalue weighted by molar-refractivity contribution is 5.76. The zero-order valence-electron chi connectivity index (χ0n) is 12.8. The van der Waals surface area contributed by atoms with E-state index in [-0.39, 0.29) is 0 Å². The van der Waals surface area contributed by atoms with Gasteiger partial charge in [0.25, 0.3) is 0 Å². The normalized spacial score (nSPS) is 12.8. The van der Waals surface area contributed by atoms with E-state index in [1.54, 1.807) is 0 Å². The number of nitrogens with two attached hydrogens (primary N) is 1. The van der Waals surface area contributed by atoms with Crippen LogP contribution in [0.3, 0.4) is 0 Å². The molecule has 108 valence electrons. The minimum absolute atomic E-state index is 0.338. The number of nitrogen functional groups attached to an aromatic ring is 1. The van der Waals surface area contributed by atoms with Gasteiger partial charge in [-0.3, -0.25) is 0 Å².